The Morgan fingerprint density at radius 3 is 1.40 bits per heavy atom. The van der Waals surface area contributed by atoms with Crippen molar-refractivity contribution in [3.05, 3.63) is 0 Å². The number of nitrogens with two attached hydrogens (primary N) is 2. The fourth-order valence-corrected chi connectivity index (χ4v) is 1.60. The van der Waals surface area contributed by atoms with Crippen LogP contribution in [-0.4, -0.2) is 68.1 Å². The fraction of sp³-hybridized carbons (Fsp3) is 0.857. The van der Waals surface area contributed by atoms with Gasteiger partial charge in [-0.15, -0.1) is 0 Å². The summed E-state index contributed by atoms with van der Waals surface area (Å²) in [7, 11) is 0. The van der Waals surface area contributed by atoms with Gasteiger partial charge in [-0.3, -0.25) is 16.5 Å². The molecule has 1 saturated carbocycles. The second-order valence-corrected chi connectivity index (χ2v) is 3.58. The molecule has 0 aliphatic heterocycles. The van der Waals surface area contributed by atoms with E-state index in [1.165, 1.54) is 0 Å². The molecule has 6 atom stereocenters. The van der Waals surface area contributed by atoms with E-state index >= 15 is 0 Å². The molecular formula is C7H16N3O5+. The summed E-state index contributed by atoms with van der Waals surface area (Å²) in [6.07, 6.45) is -7.76. The summed E-state index contributed by atoms with van der Waals surface area (Å²) in [5.74, 6) is -0.270. The monoisotopic (exact) mass is 222 g/mol. The Hall–Kier alpha value is -0.930. The smallest absolute Gasteiger partial charge is 0.339 e. The lowest BCUT2D eigenvalue weighted by Gasteiger charge is -2.39. The molecule has 15 heavy (non-hydrogen) atoms. The van der Waals surface area contributed by atoms with Crippen LogP contribution < -0.4 is 16.5 Å². The van der Waals surface area contributed by atoms with Crippen molar-refractivity contribution >= 4 is 5.96 Å². The number of aliphatic hydroxyl groups is 5. The molecule has 10 N–H and O–H groups in total. The first-order valence-corrected chi connectivity index (χ1v) is 4.41. The van der Waals surface area contributed by atoms with Crippen LogP contribution in [0.4, 0.5) is 0 Å². The Bertz CT molecular complexity index is 241. The molecule has 0 aromatic rings. The number of aliphatic hydroxyl groups excluding tert-OH is 5. The zero-order valence-corrected chi connectivity index (χ0v) is 7.85. The molecule has 0 bridgehead atoms. The molecule has 1 rings (SSSR count). The third-order valence-electron chi connectivity index (χ3n) is 2.47. The minimum Gasteiger partial charge on any atom is -0.387 e. The Morgan fingerprint density at radius 1 is 0.733 bits per heavy atom. The van der Waals surface area contributed by atoms with Crippen LogP contribution in [0.25, 0.3) is 0 Å². The second kappa shape index (κ2) is 4.29. The van der Waals surface area contributed by atoms with E-state index in [1.54, 1.807) is 0 Å². The van der Waals surface area contributed by atoms with Crippen molar-refractivity contribution in [2.24, 2.45) is 11.5 Å². The molecule has 0 radical (unpaired) electrons. The van der Waals surface area contributed by atoms with Gasteiger partial charge in [0.15, 0.2) is 0 Å². The lowest BCUT2D eigenvalue weighted by molar-refractivity contribution is -0.544. The molecule has 0 spiro atoms. The van der Waals surface area contributed by atoms with Gasteiger partial charge in [0.05, 0.1) is 0 Å². The van der Waals surface area contributed by atoms with Gasteiger partial charge in [-0.25, -0.2) is 0 Å². The quantitative estimate of drug-likeness (QED) is 0.161. The van der Waals surface area contributed by atoms with Crippen molar-refractivity contribution in [3.63, 3.8) is 0 Å². The van der Waals surface area contributed by atoms with Crippen molar-refractivity contribution in [2.75, 3.05) is 0 Å². The van der Waals surface area contributed by atoms with E-state index in [1.807, 2.05) is 0 Å². The number of hydrogen-bond donors (Lipinski definition) is 8. The van der Waals surface area contributed by atoms with E-state index in [9.17, 15) is 25.5 Å². The second-order valence-electron chi connectivity index (χ2n) is 3.58. The first kappa shape index (κ1) is 12.1. The first-order chi connectivity index (χ1) is 6.86. The molecule has 88 valence electrons. The largest absolute Gasteiger partial charge is 0.387 e. The molecule has 0 aromatic carbocycles. The van der Waals surface area contributed by atoms with Crippen molar-refractivity contribution in [1.82, 2.24) is 0 Å². The Morgan fingerprint density at radius 2 is 1.07 bits per heavy atom. The van der Waals surface area contributed by atoms with Crippen LogP contribution in [0.5, 0.6) is 0 Å². The third-order valence-corrected chi connectivity index (χ3v) is 2.47. The Kier molecular flexibility index (Phi) is 3.47. The van der Waals surface area contributed by atoms with Gasteiger partial charge in [-0.1, -0.05) is 0 Å². The van der Waals surface area contributed by atoms with Crippen LogP contribution in [0.3, 0.4) is 0 Å². The van der Waals surface area contributed by atoms with Crippen LogP contribution >= 0.6 is 0 Å². The van der Waals surface area contributed by atoms with Crippen LogP contribution in [-0.2, 0) is 0 Å². The van der Waals surface area contributed by atoms with Crippen molar-refractivity contribution < 1.29 is 30.5 Å². The van der Waals surface area contributed by atoms with E-state index in [0.717, 1.165) is 0 Å². The predicted molar refractivity (Wildman–Crippen MR) is 48.2 cm³/mol. The fourth-order valence-electron chi connectivity index (χ4n) is 1.60. The average molecular weight is 222 g/mol. The van der Waals surface area contributed by atoms with Crippen molar-refractivity contribution in [1.29, 1.82) is 0 Å². The summed E-state index contributed by atoms with van der Waals surface area (Å²) in [5, 5.41) is 46.8. The van der Waals surface area contributed by atoms with E-state index in [-0.39, 0.29) is 5.96 Å². The zero-order chi connectivity index (χ0) is 11.7. The standard InChI is InChI=1S/C7H15N3O5/c8-7(9)10-1-2(11)4(13)6(15)5(14)3(1)12/h1-6,11-15H,(H4,8,9,10)/p+1/t1?,2-,3+,4+,5-,6?. The highest BCUT2D eigenvalue weighted by atomic mass is 16.4. The molecule has 0 amide bonds. The maximum Gasteiger partial charge on any atom is 0.339 e. The van der Waals surface area contributed by atoms with Crippen LogP contribution in [0.15, 0.2) is 0 Å². The molecular weight excluding hydrogens is 206 g/mol. The normalized spacial score (nSPS) is 46.2. The van der Waals surface area contributed by atoms with Crippen LogP contribution in [0.2, 0.25) is 0 Å². The molecule has 8 heteroatoms. The average Bonchev–Trinajstić information content (AvgIpc) is 2.18. The maximum absolute atomic E-state index is 9.48. The van der Waals surface area contributed by atoms with Crippen molar-refractivity contribution in [3.8, 4) is 0 Å². The summed E-state index contributed by atoms with van der Waals surface area (Å²) in [5.41, 5.74) is 10.2. The topological polar surface area (TPSA) is 167 Å². The number of hydrogen-bond acceptors (Lipinski definition) is 5. The Labute approximate surface area is 85.5 Å². The van der Waals surface area contributed by atoms with Crippen LogP contribution in [0, 0.1) is 0 Å². The summed E-state index contributed by atoms with van der Waals surface area (Å²) < 4.78 is 0. The molecule has 0 aromatic heterocycles. The maximum atomic E-state index is 9.48. The van der Waals surface area contributed by atoms with E-state index in [2.05, 4.69) is 4.99 Å². The van der Waals surface area contributed by atoms with E-state index in [0.29, 0.717) is 0 Å². The van der Waals surface area contributed by atoms with Crippen LogP contribution in [0.1, 0.15) is 0 Å². The lowest BCUT2D eigenvalue weighted by Crippen LogP contribution is -2.92. The van der Waals surface area contributed by atoms with Gasteiger partial charge in [-0.2, -0.15) is 0 Å². The summed E-state index contributed by atoms with van der Waals surface area (Å²) >= 11 is 0. The highest BCUT2D eigenvalue weighted by Gasteiger charge is 2.49. The molecule has 1 aliphatic rings. The van der Waals surface area contributed by atoms with Gasteiger partial charge in [0.25, 0.3) is 0 Å². The molecule has 1 aliphatic carbocycles. The highest BCUT2D eigenvalue weighted by Crippen LogP contribution is 2.18. The lowest BCUT2D eigenvalue weighted by atomic mass is 9.83. The number of guanidine groups is 1. The summed E-state index contributed by atoms with van der Waals surface area (Å²) in [6.45, 7) is 0. The predicted octanol–water partition coefficient (Wildman–Crippen LogP) is -6.47. The molecule has 2 unspecified atom stereocenters. The highest BCUT2D eigenvalue weighted by molar-refractivity contribution is 5.69. The van der Waals surface area contributed by atoms with Gasteiger partial charge >= 0.3 is 5.96 Å². The SMILES string of the molecule is NC(N)=[NH+]C1[C@@H](O)[C@H](O)C(O)[C@H](O)[C@H]1O. The minimum atomic E-state index is -1.62. The molecule has 1 fully saturated rings. The third kappa shape index (κ3) is 2.19. The Balaban J connectivity index is 2.91. The number of nitrogens with one attached hydrogen (secondary N) is 1. The van der Waals surface area contributed by atoms with Gasteiger partial charge in [0, 0.05) is 0 Å². The minimum absolute atomic E-state index is 0.270. The van der Waals surface area contributed by atoms with Gasteiger partial charge in [-0.05, 0) is 0 Å². The van der Waals surface area contributed by atoms with E-state index in [4.69, 9.17) is 11.5 Å². The van der Waals surface area contributed by atoms with Gasteiger partial charge in [0.1, 0.15) is 36.6 Å². The molecule has 0 saturated heterocycles. The molecule has 0 heterocycles. The number of rotatable bonds is 1. The van der Waals surface area contributed by atoms with Crippen molar-refractivity contribution in [2.45, 2.75) is 36.6 Å². The molecule has 8 nitrogen and oxygen atoms in total. The van der Waals surface area contributed by atoms with Gasteiger partial charge in [0.2, 0.25) is 0 Å². The van der Waals surface area contributed by atoms with Gasteiger partial charge < -0.3 is 25.5 Å². The zero-order valence-electron chi connectivity index (χ0n) is 7.85. The summed E-state index contributed by atoms with van der Waals surface area (Å²) in [6, 6.07) is -1.14. The summed E-state index contributed by atoms with van der Waals surface area (Å²) in [4.78, 5) is 2.30. The first-order valence-electron chi connectivity index (χ1n) is 4.41. The van der Waals surface area contributed by atoms with E-state index < -0.39 is 36.6 Å².